The lowest BCUT2D eigenvalue weighted by molar-refractivity contribution is -0.130. The predicted octanol–water partition coefficient (Wildman–Crippen LogP) is 0.592. The van der Waals surface area contributed by atoms with Crippen LogP contribution in [0.3, 0.4) is 0 Å². The van der Waals surface area contributed by atoms with Crippen LogP contribution in [0.1, 0.15) is 38.5 Å². The molecule has 1 heterocycles. The summed E-state index contributed by atoms with van der Waals surface area (Å²) in [6.07, 6.45) is 6.81. The van der Waals surface area contributed by atoms with Gasteiger partial charge in [0.2, 0.25) is 0 Å². The lowest BCUT2D eigenvalue weighted by Gasteiger charge is -2.52. The summed E-state index contributed by atoms with van der Waals surface area (Å²) < 4.78 is 0. The Labute approximate surface area is 84.6 Å². The number of fused-ring (bicyclic) bond motifs is 1. The highest BCUT2D eigenvalue weighted by Gasteiger charge is 2.48. The first kappa shape index (κ1) is 8.86. The molecule has 2 saturated carbocycles. The van der Waals surface area contributed by atoms with E-state index < -0.39 is 0 Å². The average Bonchev–Trinajstić information content (AvgIpc) is 2.16. The summed E-state index contributed by atoms with van der Waals surface area (Å²) in [7, 11) is 0. The van der Waals surface area contributed by atoms with Crippen LogP contribution in [0.15, 0.2) is 0 Å². The number of Topliss-reactive ketones (excluding diaryl/α,β-unsaturated/α-hetero) is 1. The molecule has 3 nitrogen and oxygen atoms in total. The Morgan fingerprint density at radius 3 is 2.57 bits per heavy atom. The number of ketones is 1. The standard InChI is InChI=1S/C11H18N2O/c14-8-5-11(6-8)7-12-9-3-1-2-4-10(9)13-11/h9-10,12-13H,1-7H2. The van der Waals surface area contributed by atoms with E-state index in [1.165, 1.54) is 25.7 Å². The second kappa shape index (κ2) is 3.04. The molecule has 3 fully saturated rings. The Bertz CT molecular complexity index is 256. The Morgan fingerprint density at radius 1 is 1.14 bits per heavy atom. The van der Waals surface area contributed by atoms with Crippen LogP contribution in [0.5, 0.6) is 0 Å². The van der Waals surface area contributed by atoms with Gasteiger partial charge in [0.15, 0.2) is 0 Å². The SMILES string of the molecule is O=C1CC2(CNC3CCCCC3N2)C1. The summed E-state index contributed by atoms with van der Waals surface area (Å²) in [5.74, 6) is 0.425. The molecule has 0 aromatic rings. The Hall–Kier alpha value is -0.410. The van der Waals surface area contributed by atoms with E-state index in [0.29, 0.717) is 17.9 Å². The lowest BCUT2D eigenvalue weighted by atomic mass is 9.71. The fourth-order valence-electron chi connectivity index (χ4n) is 3.25. The molecule has 1 saturated heterocycles. The van der Waals surface area contributed by atoms with E-state index in [9.17, 15) is 4.79 Å². The van der Waals surface area contributed by atoms with E-state index in [-0.39, 0.29) is 5.54 Å². The van der Waals surface area contributed by atoms with E-state index in [2.05, 4.69) is 10.6 Å². The quantitative estimate of drug-likeness (QED) is 0.593. The van der Waals surface area contributed by atoms with Crippen molar-refractivity contribution >= 4 is 5.78 Å². The van der Waals surface area contributed by atoms with Crippen molar-refractivity contribution in [2.24, 2.45) is 0 Å². The van der Waals surface area contributed by atoms with E-state index in [4.69, 9.17) is 0 Å². The van der Waals surface area contributed by atoms with Crippen molar-refractivity contribution in [2.75, 3.05) is 6.54 Å². The third kappa shape index (κ3) is 1.30. The van der Waals surface area contributed by atoms with Gasteiger partial charge in [0.25, 0.3) is 0 Å². The van der Waals surface area contributed by atoms with Crippen molar-refractivity contribution in [1.82, 2.24) is 10.6 Å². The van der Waals surface area contributed by atoms with Crippen LogP contribution < -0.4 is 10.6 Å². The number of piperazine rings is 1. The first-order valence-corrected chi connectivity index (χ1v) is 5.80. The summed E-state index contributed by atoms with van der Waals surface area (Å²) in [4.78, 5) is 11.1. The zero-order chi connectivity index (χ0) is 9.60. The summed E-state index contributed by atoms with van der Waals surface area (Å²) in [5.41, 5.74) is 0.148. The fraction of sp³-hybridized carbons (Fsp3) is 0.909. The predicted molar refractivity (Wildman–Crippen MR) is 54.2 cm³/mol. The van der Waals surface area contributed by atoms with Crippen LogP contribution in [0.2, 0.25) is 0 Å². The van der Waals surface area contributed by atoms with E-state index in [1.807, 2.05) is 0 Å². The molecule has 2 atom stereocenters. The molecule has 1 aliphatic heterocycles. The Morgan fingerprint density at radius 2 is 1.86 bits per heavy atom. The molecule has 2 unspecified atom stereocenters. The summed E-state index contributed by atoms with van der Waals surface area (Å²) >= 11 is 0. The molecule has 78 valence electrons. The third-order valence-electron chi connectivity index (χ3n) is 4.03. The van der Waals surface area contributed by atoms with Gasteiger partial charge in [0.05, 0.1) is 0 Å². The average molecular weight is 194 g/mol. The van der Waals surface area contributed by atoms with Crippen molar-refractivity contribution in [3.63, 3.8) is 0 Å². The molecule has 2 N–H and O–H groups in total. The summed E-state index contributed by atoms with van der Waals surface area (Å²) in [6.45, 7) is 1.000. The molecule has 0 radical (unpaired) electrons. The first-order chi connectivity index (χ1) is 6.77. The summed E-state index contributed by atoms with van der Waals surface area (Å²) in [5, 5.41) is 7.33. The molecule has 0 aromatic carbocycles. The van der Waals surface area contributed by atoms with Crippen molar-refractivity contribution < 1.29 is 4.79 Å². The molecular formula is C11H18N2O. The van der Waals surface area contributed by atoms with Crippen molar-refractivity contribution in [1.29, 1.82) is 0 Å². The van der Waals surface area contributed by atoms with Crippen molar-refractivity contribution in [3.05, 3.63) is 0 Å². The Balaban J connectivity index is 1.68. The van der Waals surface area contributed by atoms with E-state index in [0.717, 1.165) is 19.4 Å². The van der Waals surface area contributed by atoms with Gasteiger partial charge in [-0.1, -0.05) is 12.8 Å². The van der Waals surface area contributed by atoms with Crippen LogP contribution in [-0.4, -0.2) is 30.0 Å². The Kier molecular flexibility index (Phi) is 1.92. The highest BCUT2D eigenvalue weighted by Crippen LogP contribution is 2.34. The van der Waals surface area contributed by atoms with Crippen LogP contribution in [-0.2, 0) is 4.79 Å². The zero-order valence-corrected chi connectivity index (χ0v) is 8.51. The van der Waals surface area contributed by atoms with E-state index in [1.54, 1.807) is 0 Å². The van der Waals surface area contributed by atoms with Crippen LogP contribution in [0.4, 0.5) is 0 Å². The van der Waals surface area contributed by atoms with Gasteiger partial charge in [0, 0.05) is 37.0 Å². The van der Waals surface area contributed by atoms with Gasteiger partial charge in [-0.2, -0.15) is 0 Å². The molecule has 3 aliphatic rings. The van der Waals surface area contributed by atoms with Gasteiger partial charge in [-0.05, 0) is 12.8 Å². The largest absolute Gasteiger partial charge is 0.311 e. The molecule has 0 amide bonds. The molecule has 2 aliphatic carbocycles. The van der Waals surface area contributed by atoms with Crippen molar-refractivity contribution in [3.8, 4) is 0 Å². The van der Waals surface area contributed by atoms with Crippen LogP contribution >= 0.6 is 0 Å². The number of hydrogen-bond donors (Lipinski definition) is 2. The molecule has 0 bridgehead atoms. The smallest absolute Gasteiger partial charge is 0.136 e. The van der Waals surface area contributed by atoms with Gasteiger partial charge < -0.3 is 10.6 Å². The van der Waals surface area contributed by atoms with Crippen LogP contribution in [0, 0.1) is 0 Å². The maximum atomic E-state index is 11.1. The van der Waals surface area contributed by atoms with Gasteiger partial charge in [0.1, 0.15) is 5.78 Å². The normalized spacial score (nSPS) is 40.4. The third-order valence-corrected chi connectivity index (χ3v) is 4.03. The molecule has 14 heavy (non-hydrogen) atoms. The van der Waals surface area contributed by atoms with Gasteiger partial charge in [-0.15, -0.1) is 0 Å². The lowest BCUT2D eigenvalue weighted by Crippen LogP contribution is -2.72. The van der Waals surface area contributed by atoms with Gasteiger partial charge in [-0.25, -0.2) is 0 Å². The number of hydrogen-bond acceptors (Lipinski definition) is 3. The number of carbonyl (C=O) groups is 1. The molecular weight excluding hydrogens is 176 g/mol. The molecule has 0 aromatic heterocycles. The zero-order valence-electron chi connectivity index (χ0n) is 8.51. The monoisotopic (exact) mass is 194 g/mol. The number of carbonyl (C=O) groups excluding carboxylic acids is 1. The van der Waals surface area contributed by atoms with Crippen molar-refractivity contribution in [2.45, 2.75) is 56.1 Å². The van der Waals surface area contributed by atoms with E-state index >= 15 is 0 Å². The van der Waals surface area contributed by atoms with Gasteiger partial charge in [-0.3, -0.25) is 4.79 Å². The molecule has 3 rings (SSSR count). The minimum atomic E-state index is 0.148. The maximum Gasteiger partial charge on any atom is 0.136 e. The molecule has 3 heteroatoms. The van der Waals surface area contributed by atoms with Gasteiger partial charge >= 0.3 is 0 Å². The highest BCUT2D eigenvalue weighted by atomic mass is 16.1. The first-order valence-electron chi connectivity index (χ1n) is 5.80. The fourth-order valence-corrected chi connectivity index (χ4v) is 3.25. The van der Waals surface area contributed by atoms with Crippen LogP contribution in [0.25, 0.3) is 0 Å². The second-order valence-corrected chi connectivity index (χ2v) is 5.20. The molecule has 1 spiro atoms. The second-order valence-electron chi connectivity index (χ2n) is 5.20. The minimum absolute atomic E-state index is 0.148. The number of rotatable bonds is 0. The minimum Gasteiger partial charge on any atom is -0.311 e. The summed E-state index contributed by atoms with van der Waals surface area (Å²) in [6, 6.07) is 1.30. The maximum absolute atomic E-state index is 11.1. The topological polar surface area (TPSA) is 41.1 Å². The number of nitrogens with one attached hydrogen (secondary N) is 2. The highest BCUT2D eigenvalue weighted by molar-refractivity contribution is 5.87.